The van der Waals surface area contributed by atoms with Crippen LogP contribution in [0.3, 0.4) is 0 Å². The van der Waals surface area contributed by atoms with Gasteiger partial charge in [0.25, 0.3) is 0 Å². The molecule has 0 bridgehead atoms. The summed E-state index contributed by atoms with van der Waals surface area (Å²) in [6, 6.07) is 14.8. The Morgan fingerprint density at radius 2 is 1.42 bits per heavy atom. The molecule has 7 nitrogen and oxygen atoms in total. The number of carbonyl (C=O) groups is 1. The number of phosphoric acid groups is 1. The van der Waals surface area contributed by atoms with Gasteiger partial charge < -0.3 is 9.79 Å². The average Bonchev–Trinajstić information content (AvgIpc) is 2.83. The molecule has 0 aliphatic carbocycles. The molecule has 2 N–H and O–H groups in total. The Morgan fingerprint density at radius 3 is 2.08 bits per heavy atom. The zero-order valence-electron chi connectivity index (χ0n) is 22.5. The van der Waals surface area contributed by atoms with Crippen LogP contribution in [0.25, 0.3) is 0 Å². The quantitative estimate of drug-likeness (QED) is 0.128. The van der Waals surface area contributed by atoms with Gasteiger partial charge in [-0.25, -0.2) is 8.88 Å². The van der Waals surface area contributed by atoms with Crippen molar-refractivity contribution in [2.75, 3.05) is 6.61 Å². The Bertz CT molecular complexity index is 1260. The molecule has 0 fully saturated rings. The second-order valence-corrected chi connectivity index (χ2v) is 12.9. The summed E-state index contributed by atoms with van der Waals surface area (Å²) in [6.45, 7) is 7.93. The van der Waals surface area contributed by atoms with Crippen molar-refractivity contribution in [3.8, 4) is 0 Å². The number of ketones is 1. The predicted octanol–water partition coefficient (Wildman–Crippen LogP) is 8.16. The molecule has 0 amide bonds. The molecular formula is C29H38O7P2. The second-order valence-electron chi connectivity index (χ2n) is 9.50. The SMILES string of the molecule is CC(C)=CCC/C(C)=C/CC/C(C)=C/CO[32P](=O)(O)O[32P](=O)(O)Cc1cccc(C(=O)c2ccccc2)c1. The maximum atomic E-state index is 12.7. The number of hydrogen-bond acceptors (Lipinski definition) is 5. The normalized spacial score (nSPS) is 15.4. The van der Waals surface area contributed by atoms with Crippen molar-refractivity contribution >= 4 is 21.2 Å². The minimum atomic E-state index is -4.79. The van der Waals surface area contributed by atoms with Gasteiger partial charge >= 0.3 is 15.4 Å². The highest BCUT2D eigenvalue weighted by Gasteiger charge is 2.33. The lowest BCUT2D eigenvalue weighted by atomic mass is 10.0. The number of hydrogen-bond donors (Lipinski definition) is 2. The van der Waals surface area contributed by atoms with Crippen LogP contribution in [0.2, 0.25) is 0 Å². The molecule has 0 aromatic heterocycles. The summed E-state index contributed by atoms with van der Waals surface area (Å²) in [6.07, 6.45) is 9.13. The first-order valence-electron chi connectivity index (χ1n) is 12.5. The van der Waals surface area contributed by atoms with Crippen LogP contribution in [0.15, 0.2) is 89.5 Å². The maximum absolute atomic E-state index is 12.7. The first-order valence-corrected chi connectivity index (χ1v) is 15.8. The number of rotatable bonds is 15. The van der Waals surface area contributed by atoms with E-state index >= 15 is 0 Å². The van der Waals surface area contributed by atoms with Crippen molar-refractivity contribution < 1.29 is 32.5 Å². The van der Waals surface area contributed by atoms with Crippen LogP contribution in [-0.2, 0) is 24.1 Å². The fourth-order valence-corrected chi connectivity index (χ4v) is 6.25. The second kappa shape index (κ2) is 15.3. The van der Waals surface area contributed by atoms with E-state index in [0.717, 1.165) is 31.3 Å². The van der Waals surface area contributed by atoms with E-state index in [4.69, 9.17) is 4.52 Å². The molecule has 0 heterocycles. The van der Waals surface area contributed by atoms with Crippen molar-refractivity contribution in [3.63, 3.8) is 0 Å². The molecule has 0 aliphatic rings. The third-order valence-corrected chi connectivity index (χ3v) is 8.72. The Kier molecular flexibility index (Phi) is 12.8. The smallest absolute Gasteiger partial charge is 0.324 e. The van der Waals surface area contributed by atoms with Gasteiger partial charge in [0.1, 0.15) is 0 Å². The lowest BCUT2D eigenvalue weighted by Crippen LogP contribution is -2.02. The molecule has 206 valence electrons. The molecule has 2 aromatic rings. The van der Waals surface area contributed by atoms with Crippen LogP contribution < -0.4 is 0 Å². The third-order valence-electron chi connectivity index (χ3n) is 5.63. The summed E-state index contributed by atoms with van der Waals surface area (Å²) in [5, 5.41) is 0. The number of phosphoric ester groups is 1. The molecule has 2 aromatic carbocycles. The van der Waals surface area contributed by atoms with Gasteiger partial charge in [0, 0.05) is 11.1 Å². The number of carbonyl (C=O) groups excluding carboxylic acids is 1. The summed E-state index contributed by atoms with van der Waals surface area (Å²) >= 11 is 0. The molecule has 9 heteroatoms. The van der Waals surface area contributed by atoms with Crippen LogP contribution in [0.5, 0.6) is 0 Å². The fraction of sp³-hybridized carbons (Fsp3) is 0.345. The highest BCUT2D eigenvalue weighted by Crippen LogP contribution is 2.61. The molecule has 2 unspecified atom stereocenters. The number of allylic oxidation sites excluding steroid dienone is 5. The van der Waals surface area contributed by atoms with Crippen LogP contribution in [0, 0.1) is 0 Å². The minimum absolute atomic E-state index is 0.232. The molecule has 0 saturated carbocycles. The van der Waals surface area contributed by atoms with E-state index in [1.54, 1.807) is 54.6 Å². The first-order chi connectivity index (χ1) is 17.9. The maximum Gasteiger partial charge on any atom is 0.479 e. The highest BCUT2D eigenvalue weighted by atomic mass is 32.2. The first kappa shape index (κ1) is 31.8. The van der Waals surface area contributed by atoms with E-state index in [1.807, 2.05) is 6.92 Å². The van der Waals surface area contributed by atoms with Gasteiger partial charge in [-0.05, 0) is 65.0 Å². The van der Waals surface area contributed by atoms with E-state index in [0.29, 0.717) is 16.7 Å². The minimum Gasteiger partial charge on any atom is -0.324 e. The van der Waals surface area contributed by atoms with Gasteiger partial charge in [0.05, 0.1) is 12.8 Å². The summed E-state index contributed by atoms with van der Waals surface area (Å²) in [5.41, 5.74) is 4.71. The zero-order chi connectivity index (χ0) is 28.2. The molecular weight excluding hydrogens is 524 g/mol. The van der Waals surface area contributed by atoms with Crippen molar-refractivity contribution in [2.24, 2.45) is 0 Å². The molecule has 38 heavy (non-hydrogen) atoms. The van der Waals surface area contributed by atoms with Gasteiger partial charge in [0.2, 0.25) is 0 Å². The van der Waals surface area contributed by atoms with Gasteiger partial charge in [0.15, 0.2) is 5.78 Å². The molecule has 0 saturated heterocycles. The van der Waals surface area contributed by atoms with Gasteiger partial charge in [-0.3, -0.25) is 13.9 Å². The molecule has 2 atom stereocenters. The van der Waals surface area contributed by atoms with Crippen LogP contribution >= 0.6 is 15.4 Å². The average molecular weight is 563 g/mol. The van der Waals surface area contributed by atoms with Crippen molar-refractivity contribution in [3.05, 3.63) is 106 Å². The largest absolute Gasteiger partial charge is 0.479 e. The predicted molar refractivity (Wildman–Crippen MR) is 152 cm³/mol. The van der Waals surface area contributed by atoms with E-state index < -0.39 is 21.6 Å². The Balaban J connectivity index is 1.87. The lowest BCUT2D eigenvalue weighted by molar-refractivity contribution is 0.103. The fourth-order valence-electron chi connectivity index (χ4n) is 3.62. The number of benzene rings is 2. The third kappa shape index (κ3) is 12.4. The Hall–Kier alpha value is -2.37. The summed E-state index contributed by atoms with van der Waals surface area (Å²) in [5.74, 6) is -0.242. The summed E-state index contributed by atoms with van der Waals surface area (Å²) in [4.78, 5) is 32.9. The highest BCUT2D eigenvalue weighted by molar-refractivity contribution is 7.63. The van der Waals surface area contributed by atoms with Crippen molar-refractivity contribution in [1.29, 1.82) is 0 Å². The van der Waals surface area contributed by atoms with Gasteiger partial charge in [-0.15, -0.1) is 0 Å². The van der Waals surface area contributed by atoms with E-state index in [2.05, 4.69) is 37.2 Å². The van der Waals surface area contributed by atoms with E-state index in [9.17, 15) is 23.7 Å². The monoisotopic (exact) mass is 562 g/mol. The standard InChI is InChI=1S/C29H38O7P2/c1-23(2)11-8-12-24(3)13-9-14-25(4)19-20-35-38(33,34)36-37(31,32)22-26-15-10-18-28(21-26)29(30)27-16-6-5-7-17-27/h5-7,10-11,13,15-19,21H,8-9,12,14,20,22H2,1-4H3,(H,31,32)(H,33,34)/b24-13+,25-19+/i37+1,38+1. The molecule has 2 rings (SSSR count). The lowest BCUT2D eigenvalue weighted by Gasteiger charge is -2.16. The topological polar surface area (TPSA) is 110 Å². The van der Waals surface area contributed by atoms with Crippen LogP contribution in [0.4, 0.5) is 0 Å². The summed E-state index contributed by atoms with van der Waals surface area (Å²) < 4.78 is 34.4. The zero-order valence-corrected chi connectivity index (χ0v) is 24.3. The van der Waals surface area contributed by atoms with Crippen molar-refractivity contribution in [2.45, 2.75) is 59.5 Å². The van der Waals surface area contributed by atoms with E-state index in [1.165, 1.54) is 17.2 Å². The Labute approximate surface area is 226 Å². The van der Waals surface area contributed by atoms with Crippen molar-refractivity contribution in [1.82, 2.24) is 0 Å². The molecule has 0 spiro atoms. The van der Waals surface area contributed by atoms with Gasteiger partial charge in [-0.2, -0.15) is 0 Å². The summed E-state index contributed by atoms with van der Waals surface area (Å²) in [7, 11) is -9.34. The van der Waals surface area contributed by atoms with E-state index in [-0.39, 0.29) is 12.4 Å². The Morgan fingerprint density at radius 1 is 0.816 bits per heavy atom. The van der Waals surface area contributed by atoms with Crippen LogP contribution in [0.1, 0.15) is 74.9 Å². The van der Waals surface area contributed by atoms with Crippen LogP contribution in [-0.4, -0.2) is 22.2 Å². The molecule has 0 aliphatic heterocycles. The van der Waals surface area contributed by atoms with Gasteiger partial charge in [-0.1, -0.05) is 83.5 Å². The molecule has 0 radical (unpaired) electrons.